The van der Waals surface area contributed by atoms with Crippen molar-refractivity contribution in [1.29, 1.82) is 0 Å². The first-order valence-electron chi connectivity index (χ1n) is 5.48. The molecule has 0 aliphatic rings. The summed E-state index contributed by atoms with van der Waals surface area (Å²) in [6.45, 7) is 1.79. The molecule has 0 bridgehead atoms. The van der Waals surface area contributed by atoms with Crippen LogP contribution in [0.1, 0.15) is 19.0 Å². The lowest BCUT2D eigenvalue weighted by Gasteiger charge is -2.12. The summed E-state index contributed by atoms with van der Waals surface area (Å²) in [5.74, 6) is -0.552. The minimum absolute atomic E-state index is 0.326. The first-order valence-corrected chi connectivity index (χ1v) is 6.53. The SMILES string of the molecule is CCC(SCc1cc(=O)n(C)c(=O)n1C)C(=O)O. The summed E-state index contributed by atoms with van der Waals surface area (Å²) < 4.78 is 2.38. The van der Waals surface area contributed by atoms with E-state index in [2.05, 4.69) is 0 Å². The molecule has 0 fully saturated rings. The Balaban J connectivity index is 2.96. The molecule has 1 N–H and O–H groups in total. The van der Waals surface area contributed by atoms with Gasteiger partial charge in [0.15, 0.2) is 0 Å². The van der Waals surface area contributed by atoms with Gasteiger partial charge in [0, 0.05) is 31.6 Å². The van der Waals surface area contributed by atoms with E-state index < -0.39 is 16.9 Å². The topological polar surface area (TPSA) is 81.3 Å². The smallest absolute Gasteiger partial charge is 0.330 e. The van der Waals surface area contributed by atoms with Gasteiger partial charge >= 0.3 is 11.7 Å². The Labute approximate surface area is 108 Å². The van der Waals surface area contributed by atoms with Crippen LogP contribution < -0.4 is 11.2 Å². The van der Waals surface area contributed by atoms with Crippen molar-refractivity contribution in [3.8, 4) is 0 Å². The largest absolute Gasteiger partial charge is 0.480 e. The molecule has 18 heavy (non-hydrogen) atoms. The van der Waals surface area contributed by atoms with Gasteiger partial charge in [-0.05, 0) is 6.42 Å². The molecule has 6 nitrogen and oxygen atoms in total. The predicted octanol–water partition coefficient (Wildman–Crippen LogP) is 0.180. The van der Waals surface area contributed by atoms with E-state index in [1.807, 2.05) is 0 Å². The van der Waals surface area contributed by atoms with Crippen LogP contribution >= 0.6 is 11.8 Å². The molecule has 0 saturated carbocycles. The maximum Gasteiger partial charge on any atom is 0.330 e. The van der Waals surface area contributed by atoms with Gasteiger partial charge in [-0.25, -0.2) is 4.79 Å². The Bertz CT molecular complexity index is 561. The highest BCUT2D eigenvalue weighted by molar-refractivity contribution is 7.99. The predicted molar refractivity (Wildman–Crippen MR) is 69.9 cm³/mol. The van der Waals surface area contributed by atoms with Crippen LogP contribution in [0.5, 0.6) is 0 Å². The molecule has 0 aliphatic carbocycles. The normalized spacial score (nSPS) is 12.4. The highest BCUT2D eigenvalue weighted by Gasteiger charge is 2.16. The number of thioether (sulfide) groups is 1. The van der Waals surface area contributed by atoms with Crippen molar-refractivity contribution in [3.63, 3.8) is 0 Å². The molecule has 100 valence electrons. The Morgan fingerprint density at radius 2 is 2.00 bits per heavy atom. The summed E-state index contributed by atoms with van der Waals surface area (Å²) in [6.07, 6.45) is 0.499. The van der Waals surface area contributed by atoms with Gasteiger partial charge in [-0.2, -0.15) is 0 Å². The molecular weight excluding hydrogens is 256 g/mol. The van der Waals surface area contributed by atoms with Crippen LogP contribution in [-0.2, 0) is 24.6 Å². The fraction of sp³-hybridized carbons (Fsp3) is 0.545. The lowest BCUT2D eigenvalue weighted by atomic mass is 10.3. The molecular formula is C11H16N2O4S. The third-order valence-electron chi connectivity index (χ3n) is 2.70. The van der Waals surface area contributed by atoms with E-state index in [-0.39, 0.29) is 5.56 Å². The first-order chi connectivity index (χ1) is 8.38. The zero-order valence-corrected chi connectivity index (χ0v) is 11.4. The molecule has 7 heteroatoms. The van der Waals surface area contributed by atoms with Gasteiger partial charge < -0.3 is 5.11 Å². The Hall–Kier alpha value is -1.50. The summed E-state index contributed by atoms with van der Waals surface area (Å²) in [4.78, 5) is 34.0. The fourth-order valence-corrected chi connectivity index (χ4v) is 2.49. The molecule has 1 aromatic rings. The van der Waals surface area contributed by atoms with Gasteiger partial charge in [0.25, 0.3) is 5.56 Å². The minimum Gasteiger partial charge on any atom is -0.480 e. The van der Waals surface area contributed by atoms with Gasteiger partial charge in [-0.3, -0.25) is 18.7 Å². The number of hydrogen-bond donors (Lipinski definition) is 1. The quantitative estimate of drug-likeness (QED) is 0.827. The summed E-state index contributed by atoms with van der Waals surface area (Å²) in [7, 11) is 2.98. The standard InChI is InChI=1S/C11H16N2O4S/c1-4-8(10(15)16)18-6-7-5-9(14)13(3)11(17)12(7)2/h5,8H,4,6H2,1-3H3,(H,15,16). The van der Waals surface area contributed by atoms with Crippen LogP contribution in [0.15, 0.2) is 15.7 Å². The lowest BCUT2D eigenvalue weighted by molar-refractivity contribution is -0.136. The van der Waals surface area contributed by atoms with Crippen molar-refractivity contribution in [2.24, 2.45) is 14.1 Å². The number of carboxylic acid groups (broad SMARTS) is 1. The van der Waals surface area contributed by atoms with E-state index in [4.69, 9.17) is 5.11 Å². The van der Waals surface area contributed by atoms with E-state index in [9.17, 15) is 14.4 Å². The molecule has 0 spiro atoms. The van der Waals surface area contributed by atoms with Gasteiger partial charge in [0.2, 0.25) is 0 Å². The molecule has 1 rings (SSSR count). The van der Waals surface area contributed by atoms with Crippen LogP contribution in [0.25, 0.3) is 0 Å². The third kappa shape index (κ3) is 3.04. The van der Waals surface area contributed by atoms with Crippen LogP contribution in [0.4, 0.5) is 0 Å². The molecule has 1 unspecified atom stereocenters. The molecule has 1 atom stereocenters. The Morgan fingerprint density at radius 1 is 1.39 bits per heavy atom. The maximum atomic E-state index is 11.7. The third-order valence-corrected chi connectivity index (χ3v) is 4.10. The second-order valence-electron chi connectivity index (χ2n) is 3.92. The van der Waals surface area contributed by atoms with Crippen LogP contribution in [-0.4, -0.2) is 25.5 Å². The molecule has 0 saturated heterocycles. The van der Waals surface area contributed by atoms with Crippen molar-refractivity contribution < 1.29 is 9.90 Å². The molecule has 0 amide bonds. The monoisotopic (exact) mass is 272 g/mol. The van der Waals surface area contributed by atoms with Crippen LogP contribution in [0.2, 0.25) is 0 Å². The molecule has 0 aliphatic heterocycles. The zero-order valence-electron chi connectivity index (χ0n) is 10.5. The van der Waals surface area contributed by atoms with Crippen molar-refractivity contribution >= 4 is 17.7 Å². The van der Waals surface area contributed by atoms with Crippen molar-refractivity contribution in [3.05, 3.63) is 32.6 Å². The molecule has 1 aromatic heterocycles. The van der Waals surface area contributed by atoms with Gasteiger partial charge in [-0.15, -0.1) is 11.8 Å². The highest BCUT2D eigenvalue weighted by Crippen LogP contribution is 2.19. The summed E-state index contributed by atoms with van der Waals surface area (Å²) in [5.41, 5.74) is -0.244. The summed E-state index contributed by atoms with van der Waals surface area (Å²) in [6, 6.07) is 1.36. The molecule has 0 aromatic carbocycles. The van der Waals surface area contributed by atoms with Gasteiger partial charge in [0.05, 0.1) is 0 Å². The number of aromatic nitrogens is 2. The Kier molecular flexibility index (Phi) is 4.77. The maximum absolute atomic E-state index is 11.7. The average molecular weight is 272 g/mol. The number of hydrogen-bond acceptors (Lipinski definition) is 4. The van der Waals surface area contributed by atoms with E-state index in [0.717, 1.165) is 4.57 Å². The number of rotatable bonds is 5. The van der Waals surface area contributed by atoms with E-state index >= 15 is 0 Å². The molecule has 0 radical (unpaired) electrons. The Morgan fingerprint density at radius 3 is 2.50 bits per heavy atom. The zero-order chi connectivity index (χ0) is 13.9. The number of nitrogens with zero attached hydrogens (tertiary/aromatic N) is 2. The second kappa shape index (κ2) is 5.90. The number of aliphatic carboxylic acids is 1. The number of carbonyl (C=O) groups is 1. The minimum atomic E-state index is -0.878. The van der Waals surface area contributed by atoms with Crippen molar-refractivity contribution in [2.75, 3.05) is 0 Å². The van der Waals surface area contributed by atoms with Crippen LogP contribution in [0, 0.1) is 0 Å². The molecule has 1 heterocycles. The van der Waals surface area contributed by atoms with E-state index in [1.165, 1.54) is 29.4 Å². The summed E-state index contributed by atoms with van der Waals surface area (Å²) in [5, 5.41) is 8.39. The van der Waals surface area contributed by atoms with Gasteiger partial charge in [0.1, 0.15) is 5.25 Å². The van der Waals surface area contributed by atoms with Crippen molar-refractivity contribution in [1.82, 2.24) is 9.13 Å². The van der Waals surface area contributed by atoms with E-state index in [0.29, 0.717) is 17.9 Å². The average Bonchev–Trinajstić information content (AvgIpc) is 2.33. The van der Waals surface area contributed by atoms with Crippen LogP contribution in [0.3, 0.4) is 0 Å². The van der Waals surface area contributed by atoms with Gasteiger partial charge in [-0.1, -0.05) is 6.92 Å². The first kappa shape index (κ1) is 14.6. The highest BCUT2D eigenvalue weighted by atomic mass is 32.2. The fourth-order valence-electron chi connectivity index (χ4n) is 1.47. The lowest BCUT2D eigenvalue weighted by Crippen LogP contribution is -2.38. The number of carboxylic acids is 1. The van der Waals surface area contributed by atoms with Crippen molar-refractivity contribution in [2.45, 2.75) is 24.3 Å². The van der Waals surface area contributed by atoms with E-state index in [1.54, 1.807) is 14.0 Å². The summed E-state index contributed by atoms with van der Waals surface area (Å²) >= 11 is 1.21. The second-order valence-corrected chi connectivity index (χ2v) is 5.11.